The summed E-state index contributed by atoms with van der Waals surface area (Å²) < 4.78 is 12.7. The van der Waals surface area contributed by atoms with Gasteiger partial charge in [-0.25, -0.2) is 4.39 Å². The number of piperidine rings is 1. The fraction of sp³-hybridized carbons (Fsp3) is 1.00. The van der Waals surface area contributed by atoms with Crippen LogP contribution in [0.2, 0.25) is 0 Å². The smallest absolute Gasteiger partial charge is 0.222 e. The molecule has 0 amide bonds. The maximum atomic E-state index is 12.7. The van der Waals surface area contributed by atoms with Gasteiger partial charge in [0.1, 0.15) is 6.17 Å². The summed E-state index contributed by atoms with van der Waals surface area (Å²) in [7, 11) is 0. The minimum Gasteiger partial charge on any atom is -0.297 e. The van der Waals surface area contributed by atoms with Crippen LogP contribution >= 0.6 is 0 Å². The number of alkyl halides is 1. The molecule has 1 unspecified atom stereocenters. The van der Waals surface area contributed by atoms with Crippen LogP contribution < -0.4 is 0 Å². The molecule has 5 heteroatoms. The van der Waals surface area contributed by atoms with Crippen LogP contribution in [0.4, 0.5) is 4.39 Å². The Balaban J connectivity index is 2.26. The van der Waals surface area contributed by atoms with E-state index in [1.165, 1.54) is 0 Å². The van der Waals surface area contributed by atoms with Crippen LogP contribution in [0.5, 0.6) is 0 Å². The van der Waals surface area contributed by atoms with E-state index >= 15 is 0 Å². The molecule has 0 saturated carbocycles. The van der Waals surface area contributed by atoms with Crippen molar-refractivity contribution in [2.45, 2.75) is 32.0 Å². The second-order valence-electron chi connectivity index (χ2n) is 3.61. The van der Waals surface area contributed by atoms with Crippen molar-refractivity contribution in [1.82, 2.24) is 4.90 Å². The first kappa shape index (κ1) is 10.4. The molecule has 1 aliphatic rings. The van der Waals surface area contributed by atoms with Gasteiger partial charge >= 0.3 is 0 Å². The summed E-state index contributed by atoms with van der Waals surface area (Å²) in [5, 5.41) is 10.3. The Bertz CT molecular complexity index is 181. The number of halogens is 1. The van der Waals surface area contributed by atoms with Crippen LogP contribution in [0.15, 0.2) is 0 Å². The quantitative estimate of drug-likeness (QED) is 0.494. The average Bonchev–Trinajstić information content (AvgIpc) is 2.08. The van der Waals surface area contributed by atoms with Gasteiger partial charge in [-0.1, -0.05) is 0 Å². The lowest BCUT2D eigenvalue weighted by atomic mass is 10.1. The fourth-order valence-electron chi connectivity index (χ4n) is 1.52. The average molecular weight is 190 g/mol. The van der Waals surface area contributed by atoms with Crippen LogP contribution in [0.3, 0.4) is 0 Å². The molecule has 1 rings (SSSR count). The Labute approximate surface area is 76.9 Å². The van der Waals surface area contributed by atoms with Gasteiger partial charge in [0.05, 0.1) is 6.54 Å². The van der Waals surface area contributed by atoms with E-state index < -0.39 is 12.2 Å². The first-order valence-electron chi connectivity index (χ1n) is 4.59. The minimum absolute atomic E-state index is 0.290. The van der Waals surface area contributed by atoms with Crippen LogP contribution in [0.25, 0.3) is 0 Å². The van der Waals surface area contributed by atoms with Gasteiger partial charge in [-0.3, -0.25) is 15.0 Å². The van der Waals surface area contributed by atoms with E-state index in [4.69, 9.17) is 0 Å². The Morgan fingerprint density at radius 1 is 1.62 bits per heavy atom. The van der Waals surface area contributed by atoms with Gasteiger partial charge in [0.15, 0.2) is 0 Å². The van der Waals surface area contributed by atoms with Crippen molar-refractivity contribution >= 4 is 0 Å². The molecule has 0 spiro atoms. The van der Waals surface area contributed by atoms with Crippen molar-refractivity contribution in [3.05, 3.63) is 10.1 Å². The molecule has 0 bridgehead atoms. The van der Waals surface area contributed by atoms with E-state index in [0.717, 1.165) is 0 Å². The van der Waals surface area contributed by atoms with Gasteiger partial charge in [-0.15, -0.1) is 0 Å². The van der Waals surface area contributed by atoms with Crippen molar-refractivity contribution < 1.29 is 9.31 Å². The van der Waals surface area contributed by atoms with Gasteiger partial charge in [-0.05, 0) is 12.8 Å². The number of likely N-dealkylation sites (tertiary alicyclic amines) is 1. The van der Waals surface area contributed by atoms with E-state index in [1.807, 2.05) is 4.90 Å². The van der Waals surface area contributed by atoms with Gasteiger partial charge in [0, 0.05) is 24.9 Å². The first-order valence-corrected chi connectivity index (χ1v) is 4.59. The number of nitro groups is 1. The Hall–Kier alpha value is -0.710. The summed E-state index contributed by atoms with van der Waals surface area (Å²) >= 11 is 0. The molecular formula is C8H15FN2O2. The third kappa shape index (κ3) is 3.26. The highest BCUT2D eigenvalue weighted by atomic mass is 19.1. The third-order valence-electron chi connectivity index (χ3n) is 2.40. The zero-order valence-electron chi connectivity index (χ0n) is 7.78. The van der Waals surface area contributed by atoms with Crippen LogP contribution in [0, 0.1) is 10.1 Å². The zero-order valence-corrected chi connectivity index (χ0v) is 7.78. The topological polar surface area (TPSA) is 46.4 Å². The van der Waals surface area contributed by atoms with Crippen LogP contribution in [0.1, 0.15) is 19.8 Å². The highest BCUT2D eigenvalue weighted by Crippen LogP contribution is 2.13. The van der Waals surface area contributed by atoms with Gasteiger partial charge in [-0.2, -0.15) is 0 Å². The Morgan fingerprint density at radius 2 is 2.15 bits per heavy atom. The lowest BCUT2D eigenvalue weighted by molar-refractivity contribution is -0.518. The summed E-state index contributed by atoms with van der Waals surface area (Å²) in [5.41, 5.74) is 0. The molecule has 0 aromatic rings. The predicted octanol–water partition coefficient (Wildman–Crippen LogP) is 1.09. The molecule has 1 atom stereocenters. The third-order valence-corrected chi connectivity index (χ3v) is 2.40. The molecule has 0 radical (unpaired) electrons. The highest BCUT2D eigenvalue weighted by Gasteiger charge is 2.23. The first-order chi connectivity index (χ1) is 6.09. The minimum atomic E-state index is -0.706. The Kier molecular flexibility index (Phi) is 3.59. The monoisotopic (exact) mass is 190 g/mol. The molecule has 1 heterocycles. The molecule has 76 valence electrons. The standard InChI is InChI=1S/C8H15FN2O2/c1-7(11(12)13)6-10-4-2-8(9)3-5-10/h7-8H,2-6H2,1H3. The van der Waals surface area contributed by atoms with Gasteiger partial charge in [0.25, 0.3) is 0 Å². The molecule has 1 aliphatic heterocycles. The number of hydrogen-bond donors (Lipinski definition) is 0. The summed E-state index contributed by atoms with van der Waals surface area (Å²) in [6, 6.07) is -0.545. The van der Waals surface area contributed by atoms with E-state index in [9.17, 15) is 14.5 Å². The lowest BCUT2D eigenvalue weighted by Gasteiger charge is -2.28. The maximum Gasteiger partial charge on any atom is 0.222 e. The summed E-state index contributed by atoms with van der Waals surface area (Å²) in [6.45, 7) is 3.33. The highest BCUT2D eigenvalue weighted by molar-refractivity contribution is 4.72. The summed E-state index contributed by atoms with van der Waals surface area (Å²) in [6.07, 6.45) is 0.330. The van der Waals surface area contributed by atoms with Crippen molar-refractivity contribution in [3.8, 4) is 0 Å². The maximum absolute atomic E-state index is 12.7. The van der Waals surface area contributed by atoms with Crippen LogP contribution in [-0.4, -0.2) is 41.7 Å². The van der Waals surface area contributed by atoms with Crippen molar-refractivity contribution in [2.24, 2.45) is 0 Å². The van der Waals surface area contributed by atoms with Gasteiger partial charge in [0.2, 0.25) is 6.04 Å². The van der Waals surface area contributed by atoms with Crippen molar-refractivity contribution in [1.29, 1.82) is 0 Å². The van der Waals surface area contributed by atoms with E-state index in [-0.39, 0.29) is 4.92 Å². The van der Waals surface area contributed by atoms with Crippen LogP contribution in [-0.2, 0) is 0 Å². The molecule has 0 aliphatic carbocycles. The number of hydrogen-bond acceptors (Lipinski definition) is 3. The molecular weight excluding hydrogens is 175 g/mol. The summed E-state index contributed by atoms with van der Waals surface area (Å²) in [4.78, 5) is 12.0. The van der Waals surface area contributed by atoms with Crippen molar-refractivity contribution in [2.75, 3.05) is 19.6 Å². The molecule has 0 N–H and O–H groups in total. The lowest BCUT2D eigenvalue weighted by Crippen LogP contribution is -2.40. The number of nitrogens with zero attached hydrogens (tertiary/aromatic N) is 2. The normalized spacial score (nSPS) is 22.9. The van der Waals surface area contributed by atoms with Crippen molar-refractivity contribution in [3.63, 3.8) is 0 Å². The summed E-state index contributed by atoms with van der Waals surface area (Å²) in [5.74, 6) is 0. The molecule has 1 fully saturated rings. The SMILES string of the molecule is CC(CN1CCC(F)CC1)[N+](=O)[O-]. The Morgan fingerprint density at radius 3 is 2.62 bits per heavy atom. The van der Waals surface area contributed by atoms with E-state index in [1.54, 1.807) is 6.92 Å². The molecule has 13 heavy (non-hydrogen) atoms. The number of rotatable bonds is 3. The molecule has 0 aromatic heterocycles. The zero-order chi connectivity index (χ0) is 9.84. The van der Waals surface area contributed by atoms with E-state index in [0.29, 0.717) is 32.5 Å². The predicted molar refractivity (Wildman–Crippen MR) is 47.0 cm³/mol. The van der Waals surface area contributed by atoms with Gasteiger partial charge < -0.3 is 0 Å². The second-order valence-corrected chi connectivity index (χ2v) is 3.61. The van der Waals surface area contributed by atoms with E-state index in [2.05, 4.69) is 0 Å². The fourth-order valence-corrected chi connectivity index (χ4v) is 1.52. The molecule has 4 nitrogen and oxygen atoms in total. The largest absolute Gasteiger partial charge is 0.297 e. The second kappa shape index (κ2) is 4.50. The molecule has 0 aromatic carbocycles. The molecule has 1 saturated heterocycles.